The second-order valence-electron chi connectivity index (χ2n) is 8.23. The molecule has 27 heavy (non-hydrogen) atoms. The fourth-order valence-corrected chi connectivity index (χ4v) is 9.88. The van der Waals surface area contributed by atoms with E-state index >= 15 is 0 Å². The van der Waals surface area contributed by atoms with Crippen LogP contribution in [0.2, 0.25) is 16.6 Å². The van der Waals surface area contributed by atoms with Crippen LogP contribution in [0.15, 0.2) is 53.0 Å². The molecule has 0 radical (unpaired) electrons. The van der Waals surface area contributed by atoms with Gasteiger partial charge in [-0.15, -0.1) is 5.54 Å². The van der Waals surface area contributed by atoms with Gasteiger partial charge in [-0.05, 0) is 52.0 Å². The van der Waals surface area contributed by atoms with Crippen LogP contribution in [0.4, 0.5) is 0 Å². The standard InChI is InChI=1S/C24H31BrOSi/c1-17(2)27(18(3)4,19(5)6)15-14-20-10-12-21(13-11-20)24(26)22-8-7-9-23(25)16-22/h7-13,16-19,24,26H,1-6H3. The molecule has 1 atom stereocenters. The monoisotopic (exact) mass is 442 g/mol. The molecule has 1 nitrogen and oxygen atoms in total. The highest BCUT2D eigenvalue weighted by molar-refractivity contribution is 9.10. The number of aliphatic hydroxyl groups is 1. The van der Waals surface area contributed by atoms with Crippen molar-refractivity contribution in [2.45, 2.75) is 64.3 Å². The minimum Gasteiger partial charge on any atom is -0.384 e. The first kappa shape index (κ1) is 22.0. The third-order valence-corrected chi connectivity index (χ3v) is 12.5. The summed E-state index contributed by atoms with van der Waals surface area (Å²) in [6.45, 7) is 14.0. The summed E-state index contributed by atoms with van der Waals surface area (Å²) >= 11 is 3.46. The minimum atomic E-state index is -1.72. The van der Waals surface area contributed by atoms with Crippen LogP contribution in [0.3, 0.4) is 0 Å². The molecule has 0 fully saturated rings. The van der Waals surface area contributed by atoms with Gasteiger partial charge in [-0.3, -0.25) is 0 Å². The molecule has 0 saturated heterocycles. The van der Waals surface area contributed by atoms with Crippen LogP contribution in [0.5, 0.6) is 0 Å². The molecule has 2 rings (SSSR count). The predicted octanol–water partition coefficient (Wildman–Crippen LogP) is 7.10. The van der Waals surface area contributed by atoms with Gasteiger partial charge in [0.1, 0.15) is 14.2 Å². The first-order valence-electron chi connectivity index (χ1n) is 9.75. The average Bonchev–Trinajstić information content (AvgIpc) is 2.61. The quantitative estimate of drug-likeness (QED) is 0.386. The molecule has 144 valence electrons. The smallest absolute Gasteiger partial charge is 0.146 e. The number of rotatable bonds is 5. The SMILES string of the molecule is CC(C)[Si](C#Cc1ccc(C(O)c2cccc(Br)c2)cc1)(C(C)C)C(C)C. The van der Waals surface area contributed by atoms with Gasteiger partial charge in [-0.1, -0.05) is 87.7 Å². The van der Waals surface area contributed by atoms with Crippen LogP contribution in [0.25, 0.3) is 0 Å². The normalized spacial score (nSPS) is 13.0. The van der Waals surface area contributed by atoms with Gasteiger partial charge < -0.3 is 5.11 Å². The first-order chi connectivity index (χ1) is 12.7. The van der Waals surface area contributed by atoms with Gasteiger partial charge >= 0.3 is 0 Å². The van der Waals surface area contributed by atoms with E-state index in [0.29, 0.717) is 16.6 Å². The molecule has 0 heterocycles. The molecule has 0 aromatic heterocycles. The van der Waals surface area contributed by atoms with E-state index in [4.69, 9.17) is 0 Å². The Morgan fingerprint density at radius 3 is 1.85 bits per heavy atom. The topological polar surface area (TPSA) is 20.2 Å². The maximum atomic E-state index is 10.6. The largest absolute Gasteiger partial charge is 0.384 e. The highest BCUT2D eigenvalue weighted by Gasteiger charge is 2.41. The number of hydrogen-bond donors (Lipinski definition) is 1. The zero-order chi connectivity index (χ0) is 20.2. The Kier molecular flexibility index (Phi) is 7.51. The van der Waals surface area contributed by atoms with Gasteiger partial charge in [-0.2, -0.15) is 0 Å². The van der Waals surface area contributed by atoms with Crippen molar-refractivity contribution >= 4 is 24.0 Å². The third kappa shape index (κ3) is 4.93. The van der Waals surface area contributed by atoms with Gasteiger partial charge in [0.25, 0.3) is 0 Å². The summed E-state index contributed by atoms with van der Waals surface area (Å²) in [6.07, 6.45) is -0.625. The average molecular weight is 444 g/mol. The minimum absolute atomic E-state index is 0.625. The Morgan fingerprint density at radius 1 is 0.815 bits per heavy atom. The summed E-state index contributed by atoms with van der Waals surface area (Å²) in [5.41, 5.74) is 8.44. The van der Waals surface area contributed by atoms with Crippen molar-refractivity contribution in [1.29, 1.82) is 0 Å². The van der Waals surface area contributed by atoms with Gasteiger partial charge in [-0.25, -0.2) is 0 Å². The molecule has 1 unspecified atom stereocenters. The van der Waals surface area contributed by atoms with E-state index in [1.54, 1.807) is 0 Å². The van der Waals surface area contributed by atoms with Crippen LogP contribution in [-0.4, -0.2) is 13.2 Å². The van der Waals surface area contributed by atoms with Crippen LogP contribution >= 0.6 is 15.9 Å². The van der Waals surface area contributed by atoms with Crippen LogP contribution in [0.1, 0.15) is 64.3 Å². The molecule has 3 heteroatoms. The predicted molar refractivity (Wildman–Crippen MR) is 123 cm³/mol. The third-order valence-electron chi connectivity index (χ3n) is 5.68. The fraction of sp³-hybridized carbons (Fsp3) is 0.417. The number of benzene rings is 2. The van der Waals surface area contributed by atoms with Crippen LogP contribution in [0, 0.1) is 11.5 Å². The van der Waals surface area contributed by atoms with E-state index in [1.165, 1.54) is 0 Å². The molecule has 0 aliphatic heterocycles. The van der Waals surface area contributed by atoms with Gasteiger partial charge in [0.2, 0.25) is 0 Å². The highest BCUT2D eigenvalue weighted by atomic mass is 79.9. The van der Waals surface area contributed by atoms with Crippen LogP contribution in [-0.2, 0) is 0 Å². The van der Waals surface area contributed by atoms with E-state index in [2.05, 4.69) is 68.9 Å². The number of halogens is 1. The van der Waals surface area contributed by atoms with Crippen molar-refractivity contribution < 1.29 is 5.11 Å². The lowest BCUT2D eigenvalue weighted by Crippen LogP contribution is -2.43. The summed E-state index contributed by atoms with van der Waals surface area (Å²) in [6, 6.07) is 15.8. The summed E-state index contributed by atoms with van der Waals surface area (Å²) in [5, 5.41) is 10.6. The summed E-state index contributed by atoms with van der Waals surface area (Å²) in [4.78, 5) is 0. The molecule has 0 amide bonds. The maximum absolute atomic E-state index is 10.6. The summed E-state index contributed by atoms with van der Waals surface area (Å²) in [7, 11) is -1.72. The number of aliphatic hydroxyl groups excluding tert-OH is 1. The van der Waals surface area contributed by atoms with Crippen molar-refractivity contribution in [2.75, 3.05) is 0 Å². The fourth-order valence-electron chi connectivity index (χ4n) is 4.23. The second kappa shape index (κ2) is 9.23. The molecule has 1 N–H and O–H groups in total. The van der Waals surface area contributed by atoms with Gasteiger partial charge in [0, 0.05) is 10.0 Å². The molecular weight excluding hydrogens is 412 g/mol. The zero-order valence-corrected chi connectivity index (χ0v) is 19.8. The molecule has 0 spiro atoms. The molecule has 2 aromatic carbocycles. The van der Waals surface area contributed by atoms with E-state index in [9.17, 15) is 5.11 Å². The molecule has 0 aliphatic carbocycles. The maximum Gasteiger partial charge on any atom is 0.146 e. The van der Waals surface area contributed by atoms with E-state index < -0.39 is 14.2 Å². The Bertz CT molecular complexity index is 790. The second-order valence-corrected chi connectivity index (χ2v) is 14.7. The van der Waals surface area contributed by atoms with E-state index in [0.717, 1.165) is 21.2 Å². The molecule has 0 aliphatic rings. The Morgan fingerprint density at radius 2 is 1.37 bits per heavy atom. The van der Waals surface area contributed by atoms with Crippen molar-refractivity contribution in [2.24, 2.45) is 0 Å². The molecular formula is C24H31BrOSi. The van der Waals surface area contributed by atoms with Gasteiger partial charge in [0.15, 0.2) is 0 Å². The van der Waals surface area contributed by atoms with Gasteiger partial charge in [0.05, 0.1) is 0 Å². The molecule has 0 saturated carbocycles. The Balaban J connectivity index is 2.29. The first-order valence-corrected chi connectivity index (χ1v) is 12.8. The van der Waals surface area contributed by atoms with Crippen molar-refractivity contribution in [3.05, 3.63) is 69.7 Å². The van der Waals surface area contributed by atoms with Crippen molar-refractivity contribution in [3.8, 4) is 11.5 Å². The lowest BCUT2D eigenvalue weighted by atomic mass is 10.0. The van der Waals surface area contributed by atoms with Crippen molar-refractivity contribution in [1.82, 2.24) is 0 Å². The summed E-state index contributed by atoms with van der Waals surface area (Å²) < 4.78 is 0.971. The lowest BCUT2D eigenvalue weighted by Gasteiger charge is -2.38. The Labute approximate surface area is 174 Å². The zero-order valence-electron chi connectivity index (χ0n) is 17.3. The van der Waals surface area contributed by atoms with E-state index in [1.807, 2.05) is 48.5 Å². The lowest BCUT2D eigenvalue weighted by molar-refractivity contribution is 0.220. The Hall–Kier alpha value is -1.34. The molecule has 2 aromatic rings. The summed E-state index contributed by atoms with van der Waals surface area (Å²) in [5.74, 6) is 3.47. The van der Waals surface area contributed by atoms with Crippen molar-refractivity contribution in [3.63, 3.8) is 0 Å². The molecule has 0 bridgehead atoms. The highest BCUT2D eigenvalue weighted by Crippen LogP contribution is 2.40. The van der Waals surface area contributed by atoms with E-state index in [-0.39, 0.29) is 0 Å². The van der Waals surface area contributed by atoms with Crippen LogP contribution < -0.4 is 0 Å². The number of hydrogen-bond acceptors (Lipinski definition) is 1.